The van der Waals surface area contributed by atoms with Crippen LogP contribution in [0.3, 0.4) is 0 Å². The minimum absolute atomic E-state index is 0.162. The fourth-order valence-corrected chi connectivity index (χ4v) is 3.40. The molecule has 1 aromatic heterocycles. The van der Waals surface area contributed by atoms with E-state index in [4.69, 9.17) is 0 Å². The number of carbonyl (C=O) groups excluding carboxylic acids is 3. The third-order valence-electron chi connectivity index (χ3n) is 5.19. The van der Waals surface area contributed by atoms with E-state index in [1.165, 1.54) is 17.1 Å². The van der Waals surface area contributed by atoms with Crippen molar-refractivity contribution in [1.82, 2.24) is 15.3 Å². The standard InChI is InChI=1S/C25H22FN5O3/c26-20-6-4-17(5-7-20)16-31-23(32)9-8-22(30-31)25(34)28-15-18-2-1-3-21(14-18)29-24(33)19-10-12-27-13-11-19/h1-7,10-14H,8-9,15-16H2,(H,28,34)(H,29,33). The molecule has 8 nitrogen and oxygen atoms in total. The van der Waals surface area contributed by atoms with Gasteiger partial charge in [0.15, 0.2) is 0 Å². The van der Waals surface area contributed by atoms with E-state index in [0.717, 1.165) is 5.56 Å². The number of hydrogen-bond donors (Lipinski definition) is 2. The van der Waals surface area contributed by atoms with Gasteiger partial charge in [-0.1, -0.05) is 24.3 Å². The molecule has 1 aliphatic rings. The van der Waals surface area contributed by atoms with E-state index >= 15 is 0 Å². The normalized spacial score (nSPS) is 13.3. The second-order valence-corrected chi connectivity index (χ2v) is 7.70. The molecule has 0 aliphatic carbocycles. The molecule has 2 aromatic carbocycles. The van der Waals surface area contributed by atoms with Gasteiger partial charge in [-0.3, -0.25) is 19.4 Å². The molecule has 0 saturated carbocycles. The molecular formula is C25H22FN5O3. The average Bonchev–Trinajstić information content (AvgIpc) is 2.86. The summed E-state index contributed by atoms with van der Waals surface area (Å²) in [5.74, 6) is -1.19. The van der Waals surface area contributed by atoms with Crippen LogP contribution in [-0.2, 0) is 22.7 Å². The summed E-state index contributed by atoms with van der Waals surface area (Å²) in [5.41, 5.74) is 2.84. The molecule has 0 saturated heterocycles. The van der Waals surface area contributed by atoms with Gasteiger partial charge in [0.1, 0.15) is 11.5 Å². The van der Waals surface area contributed by atoms with Gasteiger partial charge in [-0.2, -0.15) is 5.10 Å². The van der Waals surface area contributed by atoms with Crippen molar-refractivity contribution in [3.8, 4) is 0 Å². The monoisotopic (exact) mass is 459 g/mol. The summed E-state index contributed by atoms with van der Waals surface area (Å²) in [5, 5.41) is 11.1. The summed E-state index contributed by atoms with van der Waals surface area (Å²) < 4.78 is 13.1. The maximum Gasteiger partial charge on any atom is 0.267 e. The molecule has 0 unspecified atom stereocenters. The van der Waals surface area contributed by atoms with Crippen molar-refractivity contribution in [2.75, 3.05) is 5.32 Å². The van der Waals surface area contributed by atoms with Crippen LogP contribution in [0.2, 0.25) is 0 Å². The first kappa shape index (κ1) is 22.8. The van der Waals surface area contributed by atoms with Gasteiger partial charge in [0.05, 0.1) is 6.54 Å². The van der Waals surface area contributed by atoms with Crippen molar-refractivity contribution in [2.45, 2.75) is 25.9 Å². The second-order valence-electron chi connectivity index (χ2n) is 7.70. The third-order valence-corrected chi connectivity index (χ3v) is 5.19. The van der Waals surface area contributed by atoms with Gasteiger partial charge in [0.2, 0.25) is 5.91 Å². The lowest BCUT2D eigenvalue weighted by Crippen LogP contribution is -2.38. The number of rotatable bonds is 7. The smallest absolute Gasteiger partial charge is 0.267 e. The van der Waals surface area contributed by atoms with E-state index in [0.29, 0.717) is 16.8 Å². The molecule has 0 fully saturated rings. The molecule has 3 aromatic rings. The van der Waals surface area contributed by atoms with Gasteiger partial charge >= 0.3 is 0 Å². The number of carbonyl (C=O) groups is 3. The molecule has 172 valence electrons. The number of hydrogen-bond acceptors (Lipinski definition) is 5. The highest BCUT2D eigenvalue weighted by atomic mass is 19.1. The summed E-state index contributed by atoms with van der Waals surface area (Å²) in [6.45, 7) is 0.387. The van der Waals surface area contributed by atoms with Crippen molar-refractivity contribution in [2.24, 2.45) is 5.10 Å². The average molecular weight is 459 g/mol. The molecule has 3 amide bonds. The summed E-state index contributed by atoms with van der Waals surface area (Å²) in [6.07, 6.45) is 3.50. The molecule has 0 spiro atoms. The number of hydrazone groups is 1. The Balaban J connectivity index is 1.36. The number of amides is 3. The number of aromatic nitrogens is 1. The van der Waals surface area contributed by atoms with E-state index in [9.17, 15) is 18.8 Å². The Morgan fingerprint density at radius 2 is 1.71 bits per heavy atom. The fourth-order valence-electron chi connectivity index (χ4n) is 3.40. The highest BCUT2D eigenvalue weighted by Crippen LogP contribution is 2.15. The Morgan fingerprint density at radius 1 is 0.941 bits per heavy atom. The van der Waals surface area contributed by atoms with Crippen LogP contribution in [0.1, 0.15) is 34.3 Å². The summed E-state index contributed by atoms with van der Waals surface area (Å²) in [7, 11) is 0. The van der Waals surface area contributed by atoms with Crippen molar-refractivity contribution < 1.29 is 18.8 Å². The molecule has 34 heavy (non-hydrogen) atoms. The van der Waals surface area contributed by atoms with E-state index in [-0.39, 0.29) is 55.2 Å². The molecule has 1 aliphatic heterocycles. The molecule has 4 rings (SSSR count). The van der Waals surface area contributed by atoms with E-state index < -0.39 is 0 Å². The molecule has 0 bridgehead atoms. The van der Waals surface area contributed by atoms with Crippen LogP contribution < -0.4 is 10.6 Å². The highest BCUT2D eigenvalue weighted by molar-refractivity contribution is 6.39. The maximum absolute atomic E-state index is 13.1. The van der Waals surface area contributed by atoms with Gasteiger partial charge in [-0.25, -0.2) is 9.40 Å². The Kier molecular flexibility index (Phi) is 7.02. The predicted octanol–water partition coefficient (Wildman–Crippen LogP) is 3.27. The Bertz CT molecular complexity index is 1230. The van der Waals surface area contributed by atoms with E-state index in [1.807, 2.05) is 6.07 Å². The summed E-state index contributed by atoms with van der Waals surface area (Å²) in [4.78, 5) is 41.1. The fraction of sp³-hybridized carbons (Fsp3) is 0.160. The number of anilines is 1. The Hall–Kier alpha value is -4.40. The number of nitrogens with zero attached hydrogens (tertiary/aromatic N) is 3. The van der Waals surface area contributed by atoms with Crippen LogP contribution in [-0.4, -0.2) is 33.4 Å². The zero-order valence-corrected chi connectivity index (χ0v) is 18.2. The van der Waals surface area contributed by atoms with Crippen molar-refractivity contribution in [1.29, 1.82) is 0 Å². The largest absolute Gasteiger partial charge is 0.347 e. The van der Waals surface area contributed by atoms with Crippen molar-refractivity contribution >= 4 is 29.1 Å². The van der Waals surface area contributed by atoms with Gasteiger partial charge in [-0.05, 0) is 47.5 Å². The summed E-state index contributed by atoms with van der Waals surface area (Å²) >= 11 is 0. The minimum atomic E-state index is -0.372. The third kappa shape index (κ3) is 5.89. The van der Waals surface area contributed by atoms with Crippen LogP contribution in [0.5, 0.6) is 0 Å². The molecule has 9 heteroatoms. The van der Waals surface area contributed by atoms with Crippen LogP contribution in [0.25, 0.3) is 0 Å². The molecule has 0 radical (unpaired) electrons. The zero-order chi connectivity index (χ0) is 23.9. The first-order chi connectivity index (χ1) is 16.5. The first-order valence-electron chi connectivity index (χ1n) is 10.7. The van der Waals surface area contributed by atoms with Crippen LogP contribution in [0, 0.1) is 5.82 Å². The lowest BCUT2D eigenvalue weighted by atomic mass is 10.1. The van der Waals surface area contributed by atoms with Crippen LogP contribution in [0.4, 0.5) is 10.1 Å². The van der Waals surface area contributed by atoms with Gasteiger partial charge in [0.25, 0.3) is 11.8 Å². The SMILES string of the molecule is O=C(NCc1cccc(NC(=O)c2ccncc2)c1)C1=NN(Cc2ccc(F)cc2)C(=O)CC1. The molecule has 2 N–H and O–H groups in total. The van der Waals surface area contributed by atoms with E-state index in [1.54, 1.807) is 54.9 Å². The Labute approximate surface area is 195 Å². The number of benzene rings is 2. The quantitative estimate of drug-likeness (QED) is 0.566. The van der Waals surface area contributed by atoms with Gasteiger partial charge < -0.3 is 10.6 Å². The first-order valence-corrected chi connectivity index (χ1v) is 10.7. The highest BCUT2D eigenvalue weighted by Gasteiger charge is 2.24. The van der Waals surface area contributed by atoms with Crippen LogP contribution >= 0.6 is 0 Å². The van der Waals surface area contributed by atoms with Crippen molar-refractivity contribution in [3.05, 3.63) is 95.6 Å². The minimum Gasteiger partial charge on any atom is -0.347 e. The van der Waals surface area contributed by atoms with Gasteiger partial charge in [-0.15, -0.1) is 0 Å². The maximum atomic E-state index is 13.1. The van der Waals surface area contributed by atoms with Gasteiger partial charge in [0, 0.05) is 43.0 Å². The van der Waals surface area contributed by atoms with Crippen LogP contribution in [0.15, 0.2) is 78.2 Å². The topological polar surface area (TPSA) is 104 Å². The number of halogens is 1. The molecule has 0 atom stereocenters. The lowest BCUT2D eigenvalue weighted by Gasteiger charge is -2.23. The second kappa shape index (κ2) is 10.5. The number of nitrogens with one attached hydrogen (secondary N) is 2. The Morgan fingerprint density at radius 3 is 2.47 bits per heavy atom. The molecule has 2 heterocycles. The summed E-state index contributed by atoms with van der Waals surface area (Å²) in [6, 6.07) is 16.2. The number of pyridine rings is 1. The molecular weight excluding hydrogens is 437 g/mol. The predicted molar refractivity (Wildman–Crippen MR) is 124 cm³/mol. The zero-order valence-electron chi connectivity index (χ0n) is 18.2. The van der Waals surface area contributed by atoms with E-state index in [2.05, 4.69) is 20.7 Å². The van der Waals surface area contributed by atoms with Crippen molar-refractivity contribution in [3.63, 3.8) is 0 Å². The lowest BCUT2D eigenvalue weighted by molar-refractivity contribution is -0.132.